The molecule has 0 aliphatic heterocycles. The molecule has 0 saturated heterocycles. The van der Waals surface area contributed by atoms with Crippen molar-refractivity contribution in [2.45, 2.75) is 13.8 Å². The average Bonchev–Trinajstić information content (AvgIpc) is 2.28. The second-order valence-corrected chi connectivity index (χ2v) is 3.83. The number of rotatable bonds is 7. The maximum absolute atomic E-state index is 5.43. The Hall–Kier alpha value is -1.40. The van der Waals surface area contributed by atoms with Gasteiger partial charge in [0.25, 0.3) is 0 Å². The Balaban J connectivity index is 2.21. The third kappa shape index (κ3) is 4.90. The van der Waals surface area contributed by atoms with Gasteiger partial charge < -0.3 is 15.5 Å². The minimum Gasteiger partial charge on any atom is -0.379 e. The first-order valence-electron chi connectivity index (χ1n) is 5.32. The summed E-state index contributed by atoms with van der Waals surface area (Å²) in [4.78, 5) is 7.95. The lowest BCUT2D eigenvalue weighted by atomic mass is 10.2. The number of nitrogens with one attached hydrogen (secondary N) is 2. The van der Waals surface area contributed by atoms with Crippen LogP contribution in [0.5, 0.6) is 0 Å². The molecular formula is C10H19N5O. The largest absolute Gasteiger partial charge is 0.379 e. The number of nitrogens with zero attached hydrogens (tertiary/aromatic N) is 2. The summed E-state index contributed by atoms with van der Waals surface area (Å²) in [5.41, 5.74) is 2.46. The summed E-state index contributed by atoms with van der Waals surface area (Å²) in [6.45, 7) is 6.40. The number of nitrogen functional groups attached to an aromatic ring is 1. The number of ether oxygens (including phenoxy) is 1. The summed E-state index contributed by atoms with van der Waals surface area (Å²) in [5.74, 6) is 7.11. The predicted molar refractivity (Wildman–Crippen MR) is 64.0 cm³/mol. The van der Waals surface area contributed by atoms with Gasteiger partial charge in [-0.2, -0.15) is 0 Å². The van der Waals surface area contributed by atoms with E-state index < -0.39 is 0 Å². The van der Waals surface area contributed by atoms with Crippen LogP contribution in [-0.2, 0) is 4.74 Å². The zero-order valence-corrected chi connectivity index (χ0v) is 9.73. The molecule has 1 rings (SSSR count). The second-order valence-electron chi connectivity index (χ2n) is 3.83. The second kappa shape index (κ2) is 6.97. The minimum absolute atomic E-state index is 0.562. The number of hydrogen-bond donors (Lipinski definition) is 3. The van der Waals surface area contributed by atoms with E-state index in [1.54, 1.807) is 6.07 Å². The van der Waals surface area contributed by atoms with Crippen molar-refractivity contribution >= 4 is 11.6 Å². The van der Waals surface area contributed by atoms with Gasteiger partial charge in [-0.25, -0.2) is 15.8 Å². The molecule has 0 atom stereocenters. The number of anilines is 2. The van der Waals surface area contributed by atoms with E-state index in [0.29, 0.717) is 24.9 Å². The SMILES string of the molecule is CC(C)COCCNc1cc(NN)ncn1. The van der Waals surface area contributed by atoms with Gasteiger partial charge in [0.1, 0.15) is 18.0 Å². The summed E-state index contributed by atoms with van der Waals surface area (Å²) in [6, 6.07) is 1.74. The number of aromatic nitrogens is 2. The monoisotopic (exact) mass is 225 g/mol. The molecule has 16 heavy (non-hydrogen) atoms. The average molecular weight is 225 g/mol. The first-order valence-corrected chi connectivity index (χ1v) is 5.32. The molecule has 0 bridgehead atoms. The lowest BCUT2D eigenvalue weighted by Gasteiger charge is -2.08. The van der Waals surface area contributed by atoms with E-state index in [1.165, 1.54) is 6.33 Å². The standard InChI is InChI=1S/C10H19N5O/c1-8(2)6-16-4-3-12-9-5-10(15-11)14-7-13-9/h5,7-8H,3-4,6,11H2,1-2H3,(H2,12,13,14,15). The van der Waals surface area contributed by atoms with Crippen LogP contribution in [0.4, 0.5) is 11.6 Å². The number of hydrogen-bond acceptors (Lipinski definition) is 6. The van der Waals surface area contributed by atoms with Crippen LogP contribution in [0.1, 0.15) is 13.8 Å². The van der Waals surface area contributed by atoms with Crippen LogP contribution in [0.2, 0.25) is 0 Å². The normalized spacial score (nSPS) is 10.5. The number of hydrazine groups is 1. The van der Waals surface area contributed by atoms with Gasteiger partial charge in [-0.15, -0.1) is 0 Å². The summed E-state index contributed by atoms with van der Waals surface area (Å²) < 4.78 is 5.43. The van der Waals surface area contributed by atoms with Crippen molar-refractivity contribution in [3.05, 3.63) is 12.4 Å². The zero-order valence-electron chi connectivity index (χ0n) is 9.73. The van der Waals surface area contributed by atoms with Crippen molar-refractivity contribution < 1.29 is 4.74 Å². The fourth-order valence-corrected chi connectivity index (χ4v) is 1.10. The minimum atomic E-state index is 0.562. The molecule has 90 valence electrons. The van der Waals surface area contributed by atoms with Crippen LogP contribution in [0.25, 0.3) is 0 Å². The quantitative estimate of drug-likeness (QED) is 0.362. The van der Waals surface area contributed by atoms with Crippen LogP contribution < -0.4 is 16.6 Å². The zero-order chi connectivity index (χ0) is 11.8. The maximum Gasteiger partial charge on any atom is 0.145 e. The molecule has 1 heterocycles. The number of nitrogens with two attached hydrogens (primary N) is 1. The Kier molecular flexibility index (Phi) is 5.52. The molecule has 6 nitrogen and oxygen atoms in total. The molecule has 6 heteroatoms. The smallest absolute Gasteiger partial charge is 0.145 e. The van der Waals surface area contributed by atoms with E-state index in [1.807, 2.05) is 0 Å². The van der Waals surface area contributed by atoms with Crippen LogP contribution in [-0.4, -0.2) is 29.7 Å². The Bertz CT molecular complexity index is 305. The van der Waals surface area contributed by atoms with E-state index in [4.69, 9.17) is 10.6 Å². The molecule has 0 spiro atoms. The Morgan fingerprint density at radius 1 is 1.38 bits per heavy atom. The molecule has 1 aromatic rings. The van der Waals surface area contributed by atoms with Crippen molar-refractivity contribution in [1.29, 1.82) is 0 Å². The van der Waals surface area contributed by atoms with Crippen molar-refractivity contribution in [2.75, 3.05) is 30.5 Å². The highest BCUT2D eigenvalue weighted by molar-refractivity contribution is 5.45. The van der Waals surface area contributed by atoms with Gasteiger partial charge in [0.05, 0.1) is 6.61 Å². The molecule has 0 aliphatic carbocycles. The third-order valence-electron chi connectivity index (χ3n) is 1.82. The highest BCUT2D eigenvalue weighted by atomic mass is 16.5. The Morgan fingerprint density at radius 2 is 2.12 bits per heavy atom. The van der Waals surface area contributed by atoms with Crippen molar-refractivity contribution in [3.8, 4) is 0 Å². The molecule has 0 aliphatic rings. The highest BCUT2D eigenvalue weighted by Gasteiger charge is 1.97. The molecule has 1 aromatic heterocycles. The lowest BCUT2D eigenvalue weighted by molar-refractivity contribution is 0.118. The van der Waals surface area contributed by atoms with Crippen molar-refractivity contribution in [2.24, 2.45) is 11.8 Å². The van der Waals surface area contributed by atoms with Gasteiger partial charge in [-0.3, -0.25) is 0 Å². The molecule has 0 unspecified atom stereocenters. The fourth-order valence-electron chi connectivity index (χ4n) is 1.10. The van der Waals surface area contributed by atoms with E-state index in [2.05, 4.69) is 34.6 Å². The van der Waals surface area contributed by atoms with Gasteiger partial charge in [-0.05, 0) is 5.92 Å². The Labute approximate surface area is 95.6 Å². The predicted octanol–water partition coefficient (Wildman–Crippen LogP) is 0.847. The van der Waals surface area contributed by atoms with Crippen LogP contribution in [0.15, 0.2) is 12.4 Å². The summed E-state index contributed by atoms with van der Waals surface area (Å²) >= 11 is 0. The fraction of sp³-hybridized carbons (Fsp3) is 0.600. The van der Waals surface area contributed by atoms with E-state index in [-0.39, 0.29) is 0 Å². The van der Waals surface area contributed by atoms with Crippen molar-refractivity contribution in [3.63, 3.8) is 0 Å². The summed E-state index contributed by atoms with van der Waals surface area (Å²) in [7, 11) is 0. The van der Waals surface area contributed by atoms with Gasteiger partial charge in [0.2, 0.25) is 0 Å². The van der Waals surface area contributed by atoms with Gasteiger partial charge in [0, 0.05) is 19.2 Å². The van der Waals surface area contributed by atoms with Crippen LogP contribution >= 0.6 is 0 Å². The first-order chi connectivity index (χ1) is 7.72. The molecular weight excluding hydrogens is 206 g/mol. The van der Waals surface area contributed by atoms with Crippen LogP contribution in [0.3, 0.4) is 0 Å². The maximum atomic E-state index is 5.43. The lowest BCUT2D eigenvalue weighted by Crippen LogP contribution is -2.14. The molecule has 0 radical (unpaired) electrons. The first kappa shape index (κ1) is 12.7. The van der Waals surface area contributed by atoms with E-state index in [9.17, 15) is 0 Å². The van der Waals surface area contributed by atoms with Crippen molar-refractivity contribution in [1.82, 2.24) is 9.97 Å². The van der Waals surface area contributed by atoms with Gasteiger partial charge in [-0.1, -0.05) is 13.8 Å². The third-order valence-corrected chi connectivity index (χ3v) is 1.82. The summed E-state index contributed by atoms with van der Waals surface area (Å²) in [6.07, 6.45) is 1.45. The van der Waals surface area contributed by atoms with Crippen LogP contribution in [0, 0.1) is 5.92 Å². The topological polar surface area (TPSA) is 85.1 Å². The molecule has 4 N–H and O–H groups in total. The van der Waals surface area contributed by atoms with E-state index >= 15 is 0 Å². The molecule has 0 aromatic carbocycles. The molecule has 0 amide bonds. The highest BCUT2D eigenvalue weighted by Crippen LogP contribution is 2.06. The van der Waals surface area contributed by atoms with Gasteiger partial charge >= 0.3 is 0 Å². The summed E-state index contributed by atoms with van der Waals surface area (Å²) in [5, 5.41) is 3.12. The molecule has 0 saturated carbocycles. The van der Waals surface area contributed by atoms with E-state index in [0.717, 1.165) is 12.4 Å². The Morgan fingerprint density at radius 3 is 2.81 bits per heavy atom. The molecule has 0 fully saturated rings. The van der Waals surface area contributed by atoms with Gasteiger partial charge in [0.15, 0.2) is 0 Å².